The molecule has 0 saturated carbocycles. The van der Waals surface area contributed by atoms with Gasteiger partial charge in [-0.05, 0) is 38.5 Å². The van der Waals surface area contributed by atoms with E-state index in [1.54, 1.807) is 4.90 Å². The van der Waals surface area contributed by atoms with Crippen molar-refractivity contribution in [1.82, 2.24) is 10.2 Å². The SMILES string of the molecule is CCOCC(C)NC(=O)N1CCCC(C(C)CC(=O)O)C1. The van der Waals surface area contributed by atoms with Gasteiger partial charge in [0.2, 0.25) is 0 Å². The van der Waals surface area contributed by atoms with E-state index in [1.807, 2.05) is 20.8 Å². The van der Waals surface area contributed by atoms with Gasteiger partial charge in [-0.25, -0.2) is 4.79 Å². The summed E-state index contributed by atoms with van der Waals surface area (Å²) in [6, 6.07) is -0.0938. The summed E-state index contributed by atoms with van der Waals surface area (Å²) in [4.78, 5) is 24.8. The maximum absolute atomic E-state index is 12.2. The van der Waals surface area contributed by atoms with Crippen LogP contribution in [0.15, 0.2) is 0 Å². The minimum atomic E-state index is -0.769. The number of nitrogens with one attached hydrogen (secondary N) is 1. The molecule has 6 nitrogen and oxygen atoms in total. The number of aliphatic carboxylic acids is 1. The van der Waals surface area contributed by atoms with Crippen LogP contribution in [0.4, 0.5) is 4.79 Å². The number of carbonyl (C=O) groups excluding carboxylic acids is 1. The van der Waals surface area contributed by atoms with Gasteiger partial charge in [0.15, 0.2) is 0 Å². The first-order valence-corrected chi connectivity index (χ1v) is 7.79. The van der Waals surface area contributed by atoms with Crippen LogP contribution in [0.2, 0.25) is 0 Å². The number of carboxylic acids is 1. The Labute approximate surface area is 126 Å². The maximum Gasteiger partial charge on any atom is 0.317 e. The molecule has 1 saturated heterocycles. The Morgan fingerprint density at radius 3 is 2.76 bits per heavy atom. The zero-order valence-corrected chi connectivity index (χ0v) is 13.3. The van der Waals surface area contributed by atoms with Crippen molar-refractivity contribution in [2.45, 2.75) is 46.1 Å². The van der Waals surface area contributed by atoms with Gasteiger partial charge < -0.3 is 20.1 Å². The van der Waals surface area contributed by atoms with Crippen LogP contribution in [0.25, 0.3) is 0 Å². The van der Waals surface area contributed by atoms with Crippen LogP contribution in [0.1, 0.15) is 40.0 Å². The minimum absolute atomic E-state index is 0.0192. The summed E-state index contributed by atoms with van der Waals surface area (Å²) in [7, 11) is 0. The first-order valence-electron chi connectivity index (χ1n) is 7.79. The predicted octanol–water partition coefficient (Wildman–Crippen LogP) is 1.94. The van der Waals surface area contributed by atoms with Gasteiger partial charge in [0, 0.05) is 26.1 Å². The van der Waals surface area contributed by atoms with Crippen molar-refractivity contribution < 1.29 is 19.4 Å². The molecule has 3 unspecified atom stereocenters. The molecule has 1 aliphatic rings. The van der Waals surface area contributed by atoms with E-state index >= 15 is 0 Å². The van der Waals surface area contributed by atoms with Crippen molar-refractivity contribution in [3.05, 3.63) is 0 Å². The molecule has 2 N–H and O–H groups in total. The predicted molar refractivity (Wildman–Crippen MR) is 80.2 cm³/mol. The standard InChI is InChI=1S/C15H28N2O4/c1-4-21-10-12(3)16-15(20)17-7-5-6-13(9-17)11(2)8-14(18)19/h11-13H,4-10H2,1-3H3,(H,16,20)(H,18,19). The molecule has 1 heterocycles. The molecule has 0 radical (unpaired) electrons. The molecule has 0 aliphatic carbocycles. The molecule has 2 amide bonds. The number of piperidine rings is 1. The second kappa shape index (κ2) is 8.87. The van der Waals surface area contributed by atoms with Gasteiger partial charge in [-0.1, -0.05) is 6.92 Å². The summed E-state index contributed by atoms with van der Waals surface area (Å²) >= 11 is 0. The Kier molecular flexibility index (Phi) is 7.50. The number of hydrogen-bond acceptors (Lipinski definition) is 3. The van der Waals surface area contributed by atoms with Gasteiger partial charge in [0.25, 0.3) is 0 Å². The Balaban J connectivity index is 2.44. The number of ether oxygens (including phenoxy) is 1. The molecular weight excluding hydrogens is 272 g/mol. The van der Waals surface area contributed by atoms with Gasteiger partial charge in [-0.15, -0.1) is 0 Å². The molecule has 1 fully saturated rings. The number of amides is 2. The second-order valence-corrected chi connectivity index (χ2v) is 5.93. The number of carbonyl (C=O) groups is 2. The number of hydrogen-bond donors (Lipinski definition) is 2. The highest BCUT2D eigenvalue weighted by Gasteiger charge is 2.28. The average molecular weight is 300 g/mol. The molecule has 1 aliphatic heterocycles. The monoisotopic (exact) mass is 300 g/mol. The summed E-state index contributed by atoms with van der Waals surface area (Å²) in [5.74, 6) is -0.406. The first-order chi connectivity index (χ1) is 9.93. The fourth-order valence-electron chi connectivity index (χ4n) is 2.74. The van der Waals surface area contributed by atoms with Gasteiger partial charge in [0.1, 0.15) is 0 Å². The number of carboxylic acid groups (broad SMARTS) is 1. The smallest absolute Gasteiger partial charge is 0.317 e. The van der Waals surface area contributed by atoms with Gasteiger partial charge in [-0.3, -0.25) is 4.79 Å². The van der Waals surface area contributed by atoms with Crippen LogP contribution < -0.4 is 5.32 Å². The van der Waals surface area contributed by atoms with Gasteiger partial charge >= 0.3 is 12.0 Å². The molecule has 21 heavy (non-hydrogen) atoms. The van der Waals surface area contributed by atoms with Crippen molar-refractivity contribution in [3.8, 4) is 0 Å². The lowest BCUT2D eigenvalue weighted by molar-refractivity contribution is -0.138. The van der Waals surface area contributed by atoms with Crippen molar-refractivity contribution in [3.63, 3.8) is 0 Å². The van der Waals surface area contributed by atoms with Crippen LogP contribution >= 0.6 is 0 Å². The third-order valence-corrected chi connectivity index (χ3v) is 3.99. The second-order valence-electron chi connectivity index (χ2n) is 5.93. The molecule has 0 aromatic heterocycles. The fraction of sp³-hybridized carbons (Fsp3) is 0.867. The van der Waals surface area contributed by atoms with E-state index in [0.29, 0.717) is 19.8 Å². The third-order valence-electron chi connectivity index (χ3n) is 3.99. The fourth-order valence-corrected chi connectivity index (χ4v) is 2.74. The lowest BCUT2D eigenvalue weighted by Crippen LogP contribution is -2.49. The maximum atomic E-state index is 12.2. The van der Waals surface area contributed by atoms with Crippen LogP contribution in [0, 0.1) is 11.8 Å². The van der Waals surface area contributed by atoms with Crippen molar-refractivity contribution in [2.75, 3.05) is 26.3 Å². The summed E-state index contributed by atoms with van der Waals surface area (Å²) < 4.78 is 5.29. The number of likely N-dealkylation sites (tertiary alicyclic amines) is 1. The lowest BCUT2D eigenvalue weighted by Gasteiger charge is -2.36. The number of rotatable bonds is 7. The zero-order chi connectivity index (χ0) is 15.8. The van der Waals surface area contributed by atoms with Crippen molar-refractivity contribution in [1.29, 1.82) is 0 Å². The number of urea groups is 1. The summed E-state index contributed by atoms with van der Waals surface area (Å²) in [6.45, 7) is 8.33. The highest BCUT2D eigenvalue weighted by molar-refractivity contribution is 5.74. The Morgan fingerprint density at radius 1 is 1.43 bits per heavy atom. The van der Waals surface area contributed by atoms with Crippen LogP contribution in [-0.2, 0) is 9.53 Å². The molecule has 122 valence electrons. The van der Waals surface area contributed by atoms with Gasteiger partial charge in [-0.2, -0.15) is 0 Å². The zero-order valence-electron chi connectivity index (χ0n) is 13.3. The highest BCUT2D eigenvalue weighted by Crippen LogP contribution is 2.26. The molecule has 0 bridgehead atoms. The van der Waals surface area contributed by atoms with E-state index < -0.39 is 5.97 Å². The van der Waals surface area contributed by atoms with E-state index in [0.717, 1.165) is 19.4 Å². The molecule has 0 spiro atoms. The largest absolute Gasteiger partial charge is 0.481 e. The van der Waals surface area contributed by atoms with E-state index in [9.17, 15) is 9.59 Å². The minimum Gasteiger partial charge on any atom is -0.481 e. The molecule has 0 aromatic rings. The van der Waals surface area contributed by atoms with Crippen LogP contribution in [0.5, 0.6) is 0 Å². The van der Waals surface area contributed by atoms with Crippen molar-refractivity contribution in [2.24, 2.45) is 11.8 Å². The lowest BCUT2D eigenvalue weighted by atomic mass is 9.85. The van der Waals surface area contributed by atoms with E-state index in [-0.39, 0.29) is 30.3 Å². The molecule has 0 aromatic carbocycles. The summed E-state index contributed by atoms with van der Waals surface area (Å²) in [6.07, 6.45) is 2.09. The molecule has 6 heteroatoms. The quantitative estimate of drug-likeness (QED) is 0.753. The Morgan fingerprint density at radius 2 is 2.14 bits per heavy atom. The Hall–Kier alpha value is -1.30. The average Bonchev–Trinajstić information content (AvgIpc) is 2.44. The van der Waals surface area contributed by atoms with Crippen molar-refractivity contribution >= 4 is 12.0 Å². The molecular formula is C15H28N2O4. The summed E-state index contributed by atoms with van der Waals surface area (Å²) in [5.41, 5.74) is 0. The summed E-state index contributed by atoms with van der Waals surface area (Å²) in [5, 5.41) is 11.8. The van der Waals surface area contributed by atoms with E-state index in [2.05, 4.69) is 5.32 Å². The highest BCUT2D eigenvalue weighted by atomic mass is 16.5. The van der Waals surface area contributed by atoms with Gasteiger partial charge in [0.05, 0.1) is 12.6 Å². The normalized spacial score (nSPS) is 21.7. The van der Waals surface area contributed by atoms with E-state index in [4.69, 9.17) is 9.84 Å². The topological polar surface area (TPSA) is 78.9 Å². The molecule has 3 atom stereocenters. The Bertz CT molecular complexity index is 349. The molecule has 1 rings (SSSR count). The third kappa shape index (κ3) is 6.33. The first kappa shape index (κ1) is 17.8. The van der Waals surface area contributed by atoms with Crippen LogP contribution in [-0.4, -0.2) is 54.4 Å². The number of nitrogens with zero attached hydrogens (tertiary/aromatic N) is 1. The van der Waals surface area contributed by atoms with E-state index in [1.165, 1.54) is 0 Å². The van der Waals surface area contributed by atoms with Crippen LogP contribution in [0.3, 0.4) is 0 Å².